The number of carbonyl (C=O) groups is 2. The number of benzene rings is 1. The summed E-state index contributed by atoms with van der Waals surface area (Å²) in [6, 6.07) is 8.26. The molecule has 1 atom stereocenters. The van der Waals surface area contributed by atoms with Crippen LogP contribution in [0.4, 0.5) is 0 Å². The number of amides is 2. The van der Waals surface area contributed by atoms with E-state index >= 15 is 0 Å². The van der Waals surface area contributed by atoms with Gasteiger partial charge in [-0.1, -0.05) is 19.1 Å². The largest absolute Gasteiger partial charge is 0.494 e. The first-order valence-corrected chi connectivity index (χ1v) is 11.2. The van der Waals surface area contributed by atoms with Gasteiger partial charge >= 0.3 is 0 Å². The highest BCUT2D eigenvalue weighted by molar-refractivity contribution is 7.91. The molecule has 2 aliphatic heterocycles. The molecule has 2 heterocycles. The van der Waals surface area contributed by atoms with Gasteiger partial charge in [0.15, 0.2) is 9.84 Å². The highest BCUT2D eigenvalue weighted by Gasteiger charge is 2.43. The second kappa shape index (κ2) is 8.21. The number of nitrogens with zero attached hydrogens (tertiary/aromatic N) is 2. The number of ether oxygens (including phenoxy) is 1. The number of hydrogen-bond acceptors (Lipinski definition) is 6. The van der Waals surface area contributed by atoms with Gasteiger partial charge in [0, 0.05) is 5.57 Å². The van der Waals surface area contributed by atoms with Crippen molar-refractivity contribution < 1.29 is 22.7 Å². The minimum Gasteiger partial charge on any atom is -0.494 e. The van der Waals surface area contributed by atoms with E-state index in [0.717, 1.165) is 11.3 Å². The monoisotopic (exact) mass is 414 g/mol. The standard InChI is InChI=1S/C21H22N2O5S/c1-3-9-28-17-6-4-15(5-7-17)11-18-14(2)19(12-22)21(25)23(20(18)24)16-8-10-29(26,27)13-16/h4-7,11,16H,3,8-10,13H2,1-2H3. The van der Waals surface area contributed by atoms with Gasteiger partial charge in [-0.15, -0.1) is 0 Å². The molecule has 0 N–H and O–H groups in total. The summed E-state index contributed by atoms with van der Waals surface area (Å²) >= 11 is 0. The van der Waals surface area contributed by atoms with Crippen LogP contribution in [0, 0.1) is 11.3 Å². The zero-order chi connectivity index (χ0) is 21.2. The minimum absolute atomic E-state index is 0.0718. The lowest BCUT2D eigenvalue weighted by molar-refractivity contribution is -0.142. The molecular weight excluding hydrogens is 392 g/mol. The maximum atomic E-state index is 13.1. The molecule has 0 aliphatic carbocycles. The predicted molar refractivity (Wildman–Crippen MR) is 107 cm³/mol. The van der Waals surface area contributed by atoms with Crippen molar-refractivity contribution in [3.05, 3.63) is 46.5 Å². The molecule has 8 heteroatoms. The molecule has 2 aliphatic rings. The average Bonchev–Trinajstić information content (AvgIpc) is 3.04. The zero-order valence-corrected chi connectivity index (χ0v) is 17.2. The molecule has 3 rings (SSSR count). The summed E-state index contributed by atoms with van der Waals surface area (Å²) in [7, 11) is -3.30. The van der Waals surface area contributed by atoms with Gasteiger partial charge in [0.1, 0.15) is 17.4 Å². The zero-order valence-electron chi connectivity index (χ0n) is 16.3. The molecule has 1 fully saturated rings. The molecule has 1 unspecified atom stereocenters. The highest BCUT2D eigenvalue weighted by Crippen LogP contribution is 2.31. The van der Waals surface area contributed by atoms with Crippen LogP contribution in [-0.2, 0) is 19.4 Å². The summed E-state index contributed by atoms with van der Waals surface area (Å²) in [6.07, 6.45) is 2.69. The Morgan fingerprint density at radius 2 is 1.93 bits per heavy atom. The number of imide groups is 1. The normalized spacial score (nSPS) is 22.9. The van der Waals surface area contributed by atoms with Crippen molar-refractivity contribution >= 4 is 27.7 Å². The Bertz CT molecular complexity index is 1050. The maximum absolute atomic E-state index is 13.1. The van der Waals surface area contributed by atoms with Crippen LogP contribution in [0.15, 0.2) is 41.0 Å². The van der Waals surface area contributed by atoms with E-state index in [4.69, 9.17) is 4.74 Å². The first kappa shape index (κ1) is 20.8. The first-order chi connectivity index (χ1) is 13.8. The van der Waals surface area contributed by atoms with E-state index in [9.17, 15) is 23.3 Å². The molecule has 29 heavy (non-hydrogen) atoms. The summed E-state index contributed by atoms with van der Waals surface area (Å²) in [5.74, 6) is -0.921. The van der Waals surface area contributed by atoms with E-state index < -0.39 is 27.7 Å². The second-order valence-electron chi connectivity index (χ2n) is 7.12. The summed E-state index contributed by atoms with van der Waals surface area (Å²) in [4.78, 5) is 26.7. The molecule has 0 aromatic heterocycles. The van der Waals surface area contributed by atoms with Crippen molar-refractivity contribution in [2.75, 3.05) is 18.1 Å². The Kier molecular flexibility index (Phi) is 5.89. The van der Waals surface area contributed by atoms with Crippen LogP contribution in [0.2, 0.25) is 0 Å². The van der Waals surface area contributed by atoms with Crippen molar-refractivity contribution in [3.8, 4) is 11.8 Å². The summed E-state index contributed by atoms with van der Waals surface area (Å²) in [5, 5.41) is 9.46. The number of nitriles is 1. The molecule has 0 bridgehead atoms. The van der Waals surface area contributed by atoms with Crippen LogP contribution in [-0.4, -0.2) is 49.3 Å². The van der Waals surface area contributed by atoms with Crippen molar-refractivity contribution in [2.45, 2.75) is 32.7 Å². The highest BCUT2D eigenvalue weighted by atomic mass is 32.2. The SMILES string of the molecule is CCCOc1ccc(C=C2C(=O)N(C3CCS(=O)(=O)C3)C(=O)C(C#N)=C2C)cc1. The Morgan fingerprint density at radius 1 is 1.24 bits per heavy atom. The molecule has 0 radical (unpaired) electrons. The average molecular weight is 414 g/mol. The lowest BCUT2D eigenvalue weighted by Gasteiger charge is -2.31. The second-order valence-corrected chi connectivity index (χ2v) is 9.35. The van der Waals surface area contributed by atoms with Gasteiger partial charge in [0.25, 0.3) is 11.8 Å². The van der Waals surface area contributed by atoms with Gasteiger partial charge in [-0.3, -0.25) is 14.5 Å². The number of sulfone groups is 1. The molecule has 152 valence electrons. The molecule has 1 saturated heterocycles. The van der Waals surface area contributed by atoms with Crippen LogP contribution in [0.3, 0.4) is 0 Å². The van der Waals surface area contributed by atoms with Gasteiger partial charge in [-0.25, -0.2) is 8.42 Å². The third-order valence-electron chi connectivity index (χ3n) is 5.01. The van der Waals surface area contributed by atoms with Crippen LogP contribution in [0.5, 0.6) is 5.75 Å². The minimum atomic E-state index is -3.30. The lowest BCUT2D eigenvalue weighted by Crippen LogP contribution is -2.49. The maximum Gasteiger partial charge on any atom is 0.271 e. The molecule has 1 aromatic carbocycles. The van der Waals surface area contributed by atoms with E-state index in [1.54, 1.807) is 37.3 Å². The van der Waals surface area contributed by atoms with Crippen LogP contribution in [0.1, 0.15) is 32.3 Å². The Hall–Kier alpha value is -2.92. The van der Waals surface area contributed by atoms with Crippen molar-refractivity contribution in [1.29, 1.82) is 5.26 Å². The van der Waals surface area contributed by atoms with E-state index in [1.165, 1.54) is 0 Å². The first-order valence-electron chi connectivity index (χ1n) is 9.41. The molecule has 0 spiro atoms. The summed E-state index contributed by atoms with van der Waals surface area (Å²) in [6.45, 7) is 4.17. The fourth-order valence-corrected chi connectivity index (χ4v) is 5.16. The van der Waals surface area contributed by atoms with Gasteiger partial charge in [-0.2, -0.15) is 5.26 Å². The van der Waals surface area contributed by atoms with Crippen LogP contribution < -0.4 is 4.74 Å². The van der Waals surface area contributed by atoms with E-state index in [1.807, 2.05) is 13.0 Å². The van der Waals surface area contributed by atoms with Crippen LogP contribution in [0.25, 0.3) is 6.08 Å². The molecular formula is C21H22N2O5S. The molecule has 2 amide bonds. The third-order valence-corrected chi connectivity index (χ3v) is 6.76. The third kappa shape index (κ3) is 4.25. The molecule has 0 saturated carbocycles. The summed E-state index contributed by atoms with van der Waals surface area (Å²) in [5.41, 5.74) is 1.09. The van der Waals surface area contributed by atoms with Crippen molar-refractivity contribution in [1.82, 2.24) is 4.90 Å². The van der Waals surface area contributed by atoms with Gasteiger partial charge in [0.05, 0.1) is 24.2 Å². The smallest absolute Gasteiger partial charge is 0.271 e. The Morgan fingerprint density at radius 3 is 2.48 bits per heavy atom. The summed E-state index contributed by atoms with van der Waals surface area (Å²) < 4.78 is 29.2. The topological polar surface area (TPSA) is 105 Å². The quantitative estimate of drug-likeness (QED) is 0.541. The Labute approximate surface area is 170 Å². The van der Waals surface area contributed by atoms with Crippen LogP contribution >= 0.6 is 0 Å². The van der Waals surface area contributed by atoms with E-state index in [0.29, 0.717) is 23.5 Å². The fraction of sp³-hybridized carbons (Fsp3) is 0.381. The predicted octanol–water partition coefficient (Wildman–Crippen LogP) is 2.25. The van der Waals surface area contributed by atoms with E-state index in [-0.39, 0.29) is 29.1 Å². The molecule has 7 nitrogen and oxygen atoms in total. The van der Waals surface area contributed by atoms with Gasteiger partial charge in [0.2, 0.25) is 0 Å². The Balaban J connectivity index is 1.97. The van der Waals surface area contributed by atoms with Crippen molar-refractivity contribution in [3.63, 3.8) is 0 Å². The fourth-order valence-electron chi connectivity index (χ4n) is 3.46. The number of hydrogen-bond donors (Lipinski definition) is 0. The van der Waals surface area contributed by atoms with Crippen molar-refractivity contribution in [2.24, 2.45) is 0 Å². The molecule has 1 aromatic rings. The number of rotatable bonds is 5. The van der Waals surface area contributed by atoms with Gasteiger partial charge in [-0.05, 0) is 49.1 Å². The lowest BCUT2D eigenvalue weighted by atomic mass is 9.92. The number of carbonyl (C=O) groups excluding carboxylic acids is 2. The van der Waals surface area contributed by atoms with Gasteiger partial charge < -0.3 is 4.74 Å². The van der Waals surface area contributed by atoms with E-state index in [2.05, 4.69) is 0 Å².